The largest absolute Gasteiger partial charge is 0.480 e. The molecule has 2 N–H and O–H groups in total. The summed E-state index contributed by atoms with van der Waals surface area (Å²) in [6, 6.07) is 0.0485. The highest BCUT2D eigenvalue weighted by molar-refractivity contribution is 5.96. The molecule has 0 aromatic carbocycles. The molecular weight excluding hydrogens is 281 g/mol. The van der Waals surface area contributed by atoms with Gasteiger partial charge in [-0.05, 0) is 19.1 Å². The van der Waals surface area contributed by atoms with E-state index in [0.29, 0.717) is 6.07 Å². The monoisotopic (exact) mass is 292 g/mol. The minimum atomic E-state index is -4.74. The lowest BCUT2D eigenvalue weighted by molar-refractivity contribution is -0.142. The smallest absolute Gasteiger partial charge is 0.431 e. The second kappa shape index (κ2) is 5.35. The van der Waals surface area contributed by atoms with Gasteiger partial charge in [0.25, 0.3) is 11.5 Å². The Bertz CT molecular complexity index is 594. The van der Waals surface area contributed by atoms with Gasteiger partial charge in [-0.15, -0.1) is 0 Å². The number of amides is 1. The molecule has 1 unspecified atom stereocenters. The van der Waals surface area contributed by atoms with Crippen molar-refractivity contribution in [1.82, 2.24) is 9.88 Å². The zero-order valence-electron chi connectivity index (χ0n) is 10.5. The van der Waals surface area contributed by atoms with E-state index in [4.69, 9.17) is 5.11 Å². The number of hydrogen-bond acceptors (Lipinski definition) is 3. The maximum Gasteiger partial charge on any atom is 0.431 e. The summed E-state index contributed by atoms with van der Waals surface area (Å²) in [5, 5.41) is 8.74. The van der Waals surface area contributed by atoms with Gasteiger partial charge in [0.1, 0.15) is 17.3 Å². The molecule has 0 saturated heterocycles. The van der Waals surface area contributed by atoms with E-state index in [9.17, 15) is 27.6 Å². The van der Waals surface area contributed by atoms with E-state index in [1.54, 1.807) is 4.98 Å². The first-order valence-electron chi connectivity index (χ1n) is 5.36. The number of nitrogens with zero attached hydrogens (tertiary/aromatic N) is 1. The average Bonchev–Trinajstić information content (AvgIpc) is 2.34. The van der Waals surface area contributed by atoms with E-state index in [1.807, 2.05) is 0 Å². The number of carboxylic acids is 1. The van der Waals surface area contributed by atoms with Crippen molar-refractivity contribution in [3.63, 3.8) is 0 Å². The van der Waals surface area contributed by atoms with E-state index in [1.165, 1.54) is 6.92 Å². The van der Waals surface area contributed by atoms with Crippen molar-refractivity contribution in [3.05, 3.63) is 33.7 Å². The zero-order chi connectivity index (χ0) is 15.7. The third kappa shape index (κ3) is 3.16. The number of H-pyrrole nitrogens is 1. The number of nitrogens with one attached hydrogen (secondary N) is 1. The molecule has 1 heterocycles. The molecule has 0 fully saturated rings. The fourth-order valence-electron chi connectivity index (χ4n) is 1.34. The molecule has 0 saturated carbocycles. The van der Waals surface area contributed by atoms with Crippen LogP contribution in [0, 0.1) is 0 Å². The Labute approximate surface area is 110 Å². The molecule has 0 aliphatic rings. The lowest BCUT2D eigenvalue weighted by Crippen LogP contribution is -2.42. The molecule has 0 radical (unpaired) electrons. The highest BCUT2D eigenvalue weighted by Gasteiger charge is 2.33. The molecule has 1 aromatic heterocycles. The number of aromatic nitrogens is 1. The topological polar surface area (TPSA) is 90.5 Å². The minimum absolute atomic E-state index is 0.550. The van der Waals surface area contributed by atoms with Crippen molar-refractivity contribution >= 4 is 11.9 Å². The van der Waals surface area contributed by atoms with Gasteiger partial charge in [-0.2, -0.15) is 13.2 Å². The van der Waals surface area contributed by atoms with E-state index < -0.39 is 40.9 Å². The maximum atomic E-state index is 12.4. The van der Waals surface area contributed by atoms with Crippen LogP contribution in [0.5, 0.6) is 0 Å². The summed E-state index contributed by atoms with van der Waals surface area (Å²) in [6.45, 7) is 1.21. The van der Waals surface area contributed by atoms with Crippen LogP contribution in [0.15, 0.2) is 16.9 Å². The van der Waals surface area contributed by atoms with Crippen LogP contribution in [-0.4, -0.2) is 40.0 Å². The summed E-state index contributed by atoms with van der Waals surface area (Å²) < 4.78 is 37.1. The molecule has 6 nitrogen and oxygen atoms in total. The van der Waals surface area contributed by atoms with Gasteiger partial charge in [0.05, 0.1) is 0 Å². The number of aromatic amines is 1. The average molecular weight is 292 g/mol. The predicted molar refractivity (Wildman–Crippen MR) is 61.3 cm³/mol. The first-order chi connectivity index (χ1) is 9.05. The van der Waals surface area contributed by atoms with Crippen LogP contribution in [0.25, 0.3) is 0 Å². The first-order valence-corrected chi connectivity index (χ1v) is 5.36. The zero-order valence-corrected chi connectivity index (χ0v) is 10.5. The molecule has 0 aliphatic heterocycles. The lowest BCUT2D eigenvalue weighted by atomic mass is 10.2. The molecule has 0 bridgehead atoms. The second-order valence-electron chi connectivity index (χ2n) is 4.04. The third-order valence-corrected chi connectivity index (χ3v) is 2.70. The Hall–Kier alpha value is -2.32. The number of halogens is 3. The fourth-order valence-corrected chi connectivity index (χ4v) is 1.34. The number of alkyl halides is 3. The third-order valence-electron chi connectivity index (χ3n) is 2.70. The number of likely N-dealkylation sites (N-methyl/N-ethyl adjacent to an activating group) is 1. The van der Waals surface area contributed by atoms with Crippen molar-refractivity contribution < 1.29 is 27.9 Å². The van der Waals surface area contributed by atoms with E-state index >= 15 is 0 Å². The van der Waals surface area contributed by atoms with Crippen LogP contribution in [0.3, 0.4) is 0 Å². The Morgan fingerprint density at radius 1 is 1.35 bits per heavy atom. The molecule has 20 heavy (non-hydrogen) atoms. The van der Waals surface area contributed by atoms with Gasteiger partial charge in [0.2, 0.25) is 0 Å². The fraction of sp³-hybridized carbons (Fsp3) is 0.364. The van der Waals surface area contributed by atoms with Crippen molar-refractivity contribution in [2.75, 3.05) is 7.05 Å². The Kier molecular flexibility index (Phi) is 4.21. The summed E-state index contributed by atoms with van der Waals surface area (Å²) in [4.78, 5) is 36.3. The van der Waals surface area contributed by atoms with Crippen molar-refractivity contribution in [2.24, 2.45) is 0 Å². The van der Waals surface area contributed by atoms with Crippen LogP contribution in [-0.2, 0) is 11.0 Å². The van der Waals surface area contributed by atoms with E-state index in [0.717, 1.165) is 18.0 Å². The van der Waals surface area contributed by atoms with Gasteiger partial charge in [-0.25, -0.2) is 4.79 Å². The SMILES string of the molecule is CC(C(=O)O)N(C)C(=O)c1ccc(C(F)(F)F)[nH]c1=O. The number of carbonyl (C=O) groups is 2. The number of hydrogen-bond donors (Lipinski definition) is 2. The minimum Gasteiger partial charge on any atom is -0.480 e. The van der Waals surface area contributed by atoms with E-state index in [2.05, 4.69) is 0 Å². The summed E-state index contributed by atoms with van der Waals surface area (Å²) >= 11 is 0. The van der Waals surface area contributed by atoms with Gasteiger partial charge >= 0.3 is 12.1 Å². The number of pyridine rings is 1. The van der Waals surface area contributed by atoms with Crippen LogP contribution in [0.4, 0.5) is 13.2 Å². The standard InChI is InChI=1S/C11H11F3N2O4/c1-5(10(19)20)16(2)9(18)6-3-4-7(11(12,13)14)15-8(6)17/h3-5H,1-2H3,(H,15,17)(H,19,20). The second-order valence-corrected chi connectivity index (χ2v) is 4.04. The van der Waals surface area contributed by atoms with E-state index in [-0.39, 0.29) is 0 Å². The molecule has 0 spiro atoms. The lowest BCUT2D eigenvalue weighted by Gasteiger charge is -2.21. The van der Waals surface area contributed by atoms with Gasteiger partial charge < -0.3 is 15.0 Å². The Morgan fingerprint density at radius 2 is 1.90 bits per heavy atom. The van der Waals surface area contributed by atoms with Crippen LogP contribution < -0.4 is 5.56 Å². The summed E-state index contributed by atoms with van der Waals surface area (Å²) in [7, 11) is 1.14. The maximum absolute atomic E-state index is 12.4. The summed E-state index contributed by atoms with van der Waals surface area (Å²) in [5.41, 5.74) is -3.07. The Balaban J connectivity index is 3.13. The Morgan fingerprint density at radius 3 is 2.30 bits per heavy atom. The van der Waals surface area contributed by atoms with Crippen LogP contribution >= 0.6 is 0 Å². The summed E-state index contributed by atoms with van der Waals surface area (Å²) in [5.74, 6) is -2.28. The van der Waals surface area contributed by atoms with Crippen molar-refractivity contribution in [2.45, 2.75) is 19.1 Å². The van der Waals surface area contributed by atoms with Crippen molar-refractivity contribution in [1.29, 1.82) is 0 Å². The number of carboxylic acid groups (broad SMARTS) is 1. The van der Waals surface area contributed by atoms with Crippen molar-refractivity contribution in [3.8, 4) is 0 Å². The molecule has 9 heteroatoms. The van der Waals surface area contributed by atoms with Crippen LogP contribution in [0.2, 0.25) is 0 Å². The highest BCUT2D eigenvalue weighted by Crippen LogP contribution is 2.26. The van der Waals surface area contributed by atoms with Gasteiger partial charge in [-0.3, -0.25) is 9.59 Å². The number of carbonyl (C=O) groups excluding carboxylic acids is 1. The number of aliphatic carboxylic acids is 1. The van der Waals surface area contributed by atoms with Gasteiger partial charge in [-0.1, -0.05) is 0 Å². The molecule has 1 amide bonds. The highest BCUT2D eigenvalue weighted by atomic mass is 19.4. The normalized spacial score (nSPS) is 12.8. The molecule has 110 valence electrons. The molecule has 1 rings (SSSR count). The van der Waals surface area contributed by atoms with Gasteiger partial charge in [0.15, 0.2) is 0 Å². The molecule has 1 atom stereocenters. The van der Waals surface area contributed by atoms with Crippen LogP contribution in [0.1, 0.15) is 23.0 Å². The van der Waals surface area contributed by atoms with Gasteiger partial charge in [0, 0.05) is 7.05 Å². The quantitative estimate of drug-likeness (QED) is 0.867. The molecule has 0 aliphatic carbocycles. The molecular formula is C11H11F3N2O4. The summed E-state index contributed by atoms with van der Waals surface area (Å²) in [6.07, 6.45) is -4.74. The molecule has 1 aromatic rings. The predicted octanol–water partition coefficient (Wildman–Crippen LogP) is 0.939. The number of rotatable bonds is 3. The first kappa shape index (κ1) is 15.7.